The fourth-order valence-electron chi connectivity index (χ4n) is 0.852. The van der Waals surface area contributed by atoms with E-state index in [0.717, 1.165) is 12.0 Å². The number of rotatable bonds is 1. The van der Waals surface area contributed by atoms with E-state index in [2.05, 4.69) is 5.10 Å². The zero-order valence-electron chi connectivity index (χ0n) is 7.61. The molecule has 0 aromatic carbocycles. The molecule has 1 heterocycles. The highest BCUT2D eigenvalue weighted by atomic mass is 16.2. The van der Waals surface area contributed by atoms with Crippen LogP contribution in [0.3, 0.4) is 0 Å². The first-order valence-electron chi connectivity index (χ1n) is 3.90. The van der Waals surface area contributed by atoms with Crippen molar-refractivity contribution in [1.29, 1.82) is 0 Å². The van der Waals surface area contributed by atoms with Gasteiger partial charge in [-0.25, -0.2) is 4.79 Å². The zero-order valence-corrected chi connectivity index (χ0v) is 7.61. The molecule has 1 rings (SSSR count). The molecule has 0 fully saturated rings. The van der Waals surface area contributed by atoms with Crippen LogP contribution in [0.5, 0.6) is 0 Å². The fourth-order valence-corrected chi connectivity index (χ4v) is 0.852. The van der Waals surface area contributed by atoms with E-state index < -0.39 is 0 Å². The Morgan fingerprint density at radius 3 is 2.75 bits per heavy atom. The highest BCUT2D eigenvalue weighted by molar-refractivity contribution is 5.75. The Kier molecular flexibility index (Phi) is 2.47. The van der Waals surface area contributed by atoms with Crippen molar-refractivity contribution in [2.45, 2.75) is 13.3 Å². The van der Waals surface area contributed by atoms with Crippen molar-refractivity contribution in [3.05, 3.63) is 18.0 Å². The third kappa shape index (κ3) is 1.64. The van der Waals surface area contributed by atoms with Crippen molar-refractivity contribution < 1.29 is 4.79 Å². The van der Waals surface area contributed by atoms with Gasteiger partial charge < -0.3 is 4.90 Å². The Balaban J connectivity index is 2.82. The lowest BCUT2D eigenvalue weighted by molar-refractivity contribution is 0.216. The lowest BCUT2D eigenvalue weighted by Gasteiger charge is -2.08. The molecule has 4 nitrogen and oxygen atoms in total. The monoisotopic (exact) mass is 167 g/mol. The summed E-state index contributed by atoms with van der Waals surface area (Å²) in [6.07, 6.45) is 4.37. The summed E-state index contributed by atoms with van der Waals surface area (Å²) in [5, 5.41) is 3.93. The first-order valence-corrected chi connectivity index (χ1v) is 3.90. The van der Waals surface area contributed by atoms with E-state index in [0.29, 0.717) is 0 Å². The van der Waals surface area contributed by atoms with Crippen molar-refractivity contribution in [2.24, 2.45) is 0 Å². The number of carbonyl (C=O) groups is 1. The second-order valence-corrected chi connectivity index (χ2v) is 2.82. The molecule has 1 aromatic rings. The molecule has 0 unspecified atom stereocenters. The second kappa shape index (κ2) is 3.38. The van der Waals surface area contributed by atoms with E-state index in [9.17, 15) is 4.79 Å². The van der Waals surface area contributed by atoms with Gasteiger partial charge in [0.15, 0.2) is 0 Å². The molecular weight excluding hydrogens is 154 g/mol. The summed E-state index contributed by atoms with van der Waals surface area (Å²) in [6, 6.07) is -0.116. The van der Waals surface area contributed by atoms with Gasteiger partial charge in [0.25, 0.3) is 0 Å². The summed E-state index contributed by atoms with van der Waals surface area (Å²) in [6.45, 7) is 2.03. The van der Waals surface area contributed by atoms with E-state index in [1.54, 1.807) is 26.5 Å². The summed E-state index contributed by atoms with van der Waals surface area (Å²) >= 11 is 0. The first-order chi connectivity index (χ1) is 5.65. The highest BCUT2D eigenvalue weighted by Crippen LogP contribution is 1.98. The molecule has 0 aliphatic carbocycles. The minimum absolute atomic E-state index is 0.116. The molecule has 0 N–H and O–H groups in total. The van der Waals surface area contributed by atoms with Gasteiger partial charge >= 0.3 is 6.03 Å². The molecule has 0 saturated heterocycles. The molecule has 1 aromatic heterocycles. The topological polar surface area (TPSA) is 38.1 Å². The smallest absolute Gasteiger partial charge is 0.329 e. The molecule has 66 valence electrons. The summed E-state index contributed by atoms with van der Waals surface area (Å²) < 4.78 is 1.35. The summed E-state index contributed by atoms with van der Waals surface area (Å²) in [7, 11) is 3.41. The van der Waals surface area contributed by atoms with Crippen LogP contribution in [0.1, 0.15) is 12.5 Å². The Bertz CT molecular complexity index is 278. The van der Waals surface area contributed by atoms with Gasteiger partial charge in [0.2, 0.25) is 0 Å². The Labute approximate surface area is 71.8 Å². The lowest BCUT2D eigenvalue weighted by Crippen LogP contribution is -2.27. The highest BCUT2D eigenvalue weighted by Gasteiger charge is 2.07. The quantitative estimate of drug-likeness (QED) is 0.625. The van der Waals surface area contributed by atoms with E-state index in [1.165, 1.54) is 9.58 Å². The maximum Gasteiger partial charge on any atom is 0.344 e. The Morgan fingerprint density at radius 1 is 1.67 bits per heavy atom. The van der Waals surface area contributed by atoms with Crippen LogP contribution >= 0.6 is 0 Å². The van der Waals surface area contributed by atoms with Crippen LogP contribution in [-0.4, -0.2) is 34.8 Å². The van der Waals surface area contributed by atoms with Gasteiger partial charge in [-0.05, 0) is 12.0 Å². The van der Waals surface area contributed by atoms with Crippen LogP contribution in [0.2, 0.25) is 0 Å². The van der Waals surface area contributed by atoms with Crippen LogP contribution in [0.4, 0.5) is 4.79 Å². The van der Waals surface area contributed by atoms with Gasteiger partial charge in [-0.15, -0.1) is 0 Å². The number of amides is 1. The Hall–Kier alpha value is -1.32. The van der Waals surface area contributed by atoms with Crippen LogP contribution in [-0.2, 0) is 6.42 Å². The van der Waals surface area contributed by atoms with Crippen molar-refractivity contribution in [3.8, 4) is 0 Å². The third-order valence-corrected chi connectivity index (χ3v) is 1.62. The molecule has 0 bridgehead atoms. The SMILES string of the molecule is CCc1cnn(C(=O)N(C)C)c1. The molecule has 12 heavy (non-hydrogen) atoms. The maximum absolute atomic E-state index is 11.3. The molecule has 1 amide bonds. The van der Waals surface area contributed by atoms with Crippen molar-refractivity contribution >= 4 is 6.03 Å². The second-order valence-electron chi connectivity index (χ2n) is 2.82. The van der Waals surface area contributed by atoms with Gasteiger partial charge in [-0.2, -0.15) is 9.78 Å². The predicted octanol–water partition coefficient (Wildman–Crippen LogP) is 0.975. The molecule has 0 spiro atoms. The summed E-state index contributed by atoms with van der Waals surface area (Å²) in [5.41, 5.74) is 1.07. The van der Waals surface area contributed by atoms with Crippen LogP contribution in [0, 0.1) is 0 Å². The number of nitrogens with zero attached hydrogens (tertiary/aromatic N) is 3. The van der Waals surface area contributed by atoms with E-state index in [4.69, 9.17) is 0 Å². The molecule has 0 radical (unpaired) electrons. The molecule has 4 heteroatoms. The van der Waals surface area contributed by atoms with Gasteiger partial charge in [-0.1, -0.05) is 6.92 Å². The van der Waals surface area contributed by atoms with Gasteiger partial charge in [-0.3, -0.25) is 0 Å². The van der Waals surface area contributed by atoms with Crippen molar-refractivity contribution in [2.75, 3.05) is 14.1 Å². The van der Waals surface area contributed by atoms with E-state index in [-0.39, 0.29) is 6.03 Å². The number of hydrogen-bond acceptors (Lipinski definition) is 2. The minimum Gasteiger partial charge on any atom is -0.329 e. The first kappa shape index (κ1) is 8.77. The average molecular weight is 167 g/mol. The van der Waals surface area contributed by atoms with Crippen LogP contribution in [0.25, 0.3) is 0 Å². The predicted molar refractivity (Wildman–Crippen MR) is 46.1 cm³/mol. The number of hydrogen-bond donors (Lipinski definition) is 0. The average Bonchev–Trinajstić information content (AvgIpc) is 2.50. The van der Waals surface area contributed by atoms with Gasteiger partial charge in [0.05, 0.1) is 6.20 Å². The maximum atomic E-state index is 11.3. The molecule has 0 saturated carbocycles. The van der Waals surface area contributed by atoms with Crippen molar-refractivity contribution in [3.63, 3.8) is 0 Å². The molecule has 0 aliphatic rings. The van der Waals surface area contributed by atoms with Gasteiger partial charge in [0.1, 0.15) is 0 Å². The normalized spacial score (nSPS) is 9.92. The third-order valence-electron chi connectivity index (χ3n) is 1.62. The summed E-state index contributed by atoms with van der Waals surface area (Å²) in [4.78, 5) is 12.8. The minimum atomic E-state index is -0.116. The van der Waals surface area contributed by atoms with Crippen LogP contribution < -0.4 is 0 Å². The number of aryl methyl sites for hydroxylation is 1. The lowest BCUT2D eigenvalue weighted by atomic mass is 10.3. The van der Waals surface area contributed by atoms with Gasteiger partial charge in [0, 0.05) is 20.3 Å². The number of carbonyl (C=O) groups excluding carboxylic acids is 1. The largest absolute Gasteiger partial charge is 0.344 e. The zero-order chi connectivity index (χ0) is 9.14. The molecule has 0 atom stereocenters. The fraction of sp³-hybridized carbons (Fsp3) is 0.500. The van der Waals surface area contributed by atoms with Crippen molar-refractivity contribution in [1.82, 2.24) is 14.7 Å². The summed E-state index contributed by atoms with van der Waals surface area (Å²) in [5.74, 6) is 0. The Morgan fingerprint density at radius 2 is 2.33 bits per heavy atom. The molecular formula is C8H13N3O. The van der Waals surface area contributed by atoms with Crippen LogP contribution in [0.15, 0.2) is 12.4 Å². The van der Waals surface area contributed by atoms with E-state index in [1.807, 2.05) is 6.92 Å². The van der Waals surface area contributed by atoms with E-state index >= 15 is 0 Å². The standard InChI is InChI=1S/C8H13N3O/c1-4-7-5-9-11(6-7)8(12)10(2)3/h5-6H,4H2,1-3H3. The number of aromatic nitrogens is 2. The molecule has 0 aliphatic heterocycles.